The van der Waals surface area contributed by atoms with Crippen molar-refractivity contribution in [3.05, 3.63) is 0 Å². The van der Waals surface area contributed by atoms with Crippen molar-refractivity contribution in [2.24, 2.45) is 5.92 Å². The Morgan fingerprint density at radius 1 is 1.44 bits per heavy atom. The molecule has 18 heavy (non-hydrogen) atoms. The molecule has 0 saturated carbocycles. The van der Waals surface area contributed by atoms with E-state index in [0.717, 1.165) is 11.6 Å². The van der Waals surface area contributed by atoms with Crippen molar-refractivity contribution < 1.29 is 9.59 Å². The van der Waals surface area contributed by atoms with Gasteiger partial charge in [-0.2, -0.15) is 0 Å². The molecule has 0 radical (unpaired) electrons. The van der Waals surface area contributed by atoms with Crippen LogP contribution < -0.4 is 10.6 Å². The molecule has 0 aromatic rings. The lowest BCUT2D eigenvalue weighted by Crippen LogP contribution is -2.52. The zero-order valence-electron chi connectivity index (χ0n) is 11.5. The van der Waals surface area contributed by atoms with Gasteiger partial charge in [-0.3, -0.25) is 14.9 Å². The Balaban J connectivity index is 2.59. The van der Waals surface area contributed by atoms with Gasteiger partial charge in [-0.1, -0.05) is 13.8 Å². The highest BCUT2D eigenvalue weighted by Crippen LogP contribution is 2.11. The molecule has 6 heteroatoms. The fourth-order valence-electron chi connectivity index (χ4n) is 1.84. The van der Waals surface area contributed by atoms with Gasteiger partial charge in [-0.15, -0.1) is 11.8 Å². The molecule has 0 aliphatic carbocycles. The van der Waals surface area contributed by atoms with E-state index in [0.29, 0.717) is 12.3 Å². The Bertz CT molecular complexity index is 302. The smallest absolute Gasteiger partial charge is 0.244 e. The fraction of sp³-hybridized carbons (Fsp3) is 0.833. The van der Waals surface area contributed by atoms with Crippen LogP contribution in [0.3, 0.4) is 0 Å². The summed E-state index contributed by atoms with van der Waals surface area (Å²) >= 11 is 1.70. The molecule has 2 N–H and O–H groups in total. The molecule has 2 atom stereocenters. The molecule has 0 bridgehead atoms. The Kier molecular flexibility index (Phi) is 5.95. The number of carbonyl (C=O) groups excluding carboxylic acids is 2. The summed E-state index contributed by atoms with van der Waals surface area (Å²) in [7, 11) is 3.43. The number of hydrogen-bond acceptors (Lipinski definition) is 4. The summed E-state index contributed by atoms with van der Waals surface area (Å²) in [6.45, 7) is 4.09. The standard InChI is InChI=1S/C12H23N3O2S/c1-8(2)5-9(12(17)15(3)4)14-11(16)10-6-18-7-13-10/h8-10,13H,5-7H2,1-4H3,(H,14,16). The Hall–Kier alpha value is -0.750. The number of nitrogens with one attached hydrogen (secondary N) is 2. The lowest BCUT2D eigenvalue weighted by atomic mass is 10.0. The molecule has 2 unspecified atom stereocenters. The number of hydrogen-bond donors (Lipinski definition) is 2. The number of thioether (sulfide) groups is 1. The van der Waals surface area contributed by atoms with Gasteiger partial charge in [0.15, 0.2) is 0 Å². The predicted molar refractivity (Wildman–Crippen MR) is 74.3 cm³/mol. The van der Waals surface area contributed by atoms with E-state index in [2.05, 4.69) is 10.6 Å². The van der Waals surface area contributed by atoms with Crippen LogP contribution in [-0.2, 0) is 9.59 Å². The quantitative estimate of drug-likeness (QED) is 0.755. The third-order valence-electron chi connectivity index (χ3n) is 2.80. The van der Waals surface area contributed by atoms with E-state index in [1.807, 2.05) is 13.8 Å². The predicted octanol–water partition coefficient (Wildman–Crippen LogP) is 0.268. The summed E-state index contributed by atoms with van der Waals surface area (Å²) in [4.78, 5) is 25.6. The zero-order valence-corrected chi connectivity index (χ0v) is 12.3. The number of rotatable bonds is 5. The van der Waals surface area contributed by atoms with E-state index in [1.165, 1.54) is 4.90 Å². The average Bonchev–Trinajstić information content (AvgIpc) is 2.79. The fourth-order valence-corrected chi connectivity index (χ4v) is 2.78. The van der Waals surface area contributed by atoms with Gasteiger partial charge in [0.1, 0.15) is 6.04 Å². The second-order valence-electron chi connectivity index (χ2n) is 5.20. The van der Waals surface area contributed by atoms with Gasteiger partial charge >= 0.3 is 0 Å². The highest BCUT2D eigenvalue weighted by Gasteiger charge is 2.28. The molecular formula is C12H23N3O2S. The van der Waals surface area contributed by atoms with Gasteiger partial charge in [0.25, 0.3) is 0 Å². The molecule has 2 amide bonds. The van der Waals surface area contributed by atoms with E-state index in [-0.39, 0.29) is 17.9 Å². The number of amides is 2. The van der Waals surface area contributed by atoms with Crippen LogP contribution in [0.25, 0.3) is 0 Å². The van der Waals surface area contributed by atoms with Crippen LogP contribution in [0.15, 0.2) is 0 Å². The first-order valence-corrected chi connectivity index (χ1v) is 7.40. The molecule has 0 spiro atoms. The average molecular weight is 273 g/mol. The van der Waals surface area contributed by atoms with Crippen LogP contribution in [0.2, 0.25) is 0 Å². The molecule has 0 aromatic heterocycles. The summed E-state index contributed by atoms with van der Waals surface area (Å²) in [5, 5.41) is 5.97. The molecule has 104 valence electrons. The van der Waals surface area contributed by atoms with Gasteiger partial charge in [-0.05, 0) is 12.3 Å². The topological polar surface area (TPSA) is 61.4 Å². The number of likely N-dealkylation sites (N-methyl/N-ethyl adjacent to an activating group) is 1. The summed E-state index contributed by atoms with van der Waals surface area (Å²) in [6.07, 6.45) is 0.669. The molecular weight excluding hydrogens is 250 g/mol. The normalized spacial score (nSPS) is 20.8. The first-order chi connectivity index (χ1) is 8.41. The Labute approximate surface area is 113 Å². The molecule has 1 aliphatic rings. The second kappa shape index (κ2) is 6.99. The van der Waals surface area contributed by atoms with Crippen molar-refractivity contribution in [3.63, 3.8) is 0 Å². The summed E-state index contributed by atoms with van der Waals surface area (Å²) in [6, 6.07) is -0.584. The molecule has 1 heterocycles. The van der Waals surface area contributed by atoms with Crippen LogP contribution in [0.5, 0.6) is 0 Å². The van der Waals surface area contributed by atoms with E-state index in [9.17, 15) is 9.59 Å². The van der Waals surface area contributed by atoms with Crippen LogP contribution in [-0.4, -0.2) is 54.5 Å². The largest absolute Gasteiger partial charge is 0.347 e. The van der Waals surface area contributed by atoms with E-state index in [1.54, 1.807) is 25.9 Å². The lowest BCUT2D eigenvalue weighted by Gasteiger charge is -2.24. The minimum absolute atomic E-state index is 0.0392. The monoisotopic (exact) mass is 273 g/mol. The van der Waals surface area contributed by atoms with Crippen molar-refractivity contribution in [1.82, 2.24) is 15.5 Å². The van der Waals surface area contributed by atoms with Crippen molar-refractivity contribution >= 4 is 23.6 Å². The number of carbonyl (C=O) groups is 2. The van der Waals surface area contributed by atoms with Crippen LogP contribution in [0.1, 0.15) is 20.3 Å². The minimum Gasteiger partial charge on any atom is -0.347 e. The summed E-state index contributed by atoms with van der Waals surface area (Å²) < 4.78 is 0. The first kappa shape index (κ1) is 15.3. The van der Waals surface area contributed by atoms with Gasteiger partial charge < -0.3 is 10.2 Å². The van der Waals surface area contributed by atoms with Crippen molar-refractivity contribution in [1.29, 1.82) is 0 Å². The maximum Gasteiger partial charge on any atom is 0.244 e. The Morgan fingerprint density at radius 2 is 2.11 bits per heavy atom. The van der Waals surface area contributed by atoms with Gasteiger partial charge in [-0.25, -0.2) is 0 Å². The van der Waals surface area contributed by atoms with E-state index < -0.39 is 6.04 Å². The van der Waals surface area contributed by atoms with Crippen LogP contribution >= 0.6 is 11.8 Å². The van der Waals surface area contributed by atoms with E-state index >= 15 is 0 Å². The van der Waals surface area contributed by atoms with Crippen LogP contribution in [0, 0.1) is 5.92 Å². The van der Waals surface area contributed by atoms with E-state index in [4.69, 9.17) is 0 Å². The lowest BCUT2D eigenvalue weighted by molar-refractivity contribution is -0.135. The highest BCUT2D eigenvalue weighted by atomic mass is 32.2. The number of nitrogens with zero attached hydrogens (tertiary/aromatic N) is 1. The Morgan fingerprint density at radius 3 is 2.56 bits per heavy atom. The zero-order chi connectivity index (χ0) is 13.7. The van der Waals surface area contributed by atoms with Crippen LogP contribution in [0.4, 0.5) is 0 Å². The maximum atomic E-state index is 12.0. The minimum atomic E-state index is -0.417. The highest BCUT2D eigenvalue weighted by molar-refractivity contribution is 7.99. The molecule has 0 aromatic carbocycles. The van der Waals surface area contributed by atoms with Crippen molar-refractivity contribution in [3.8, 4) is 0 Å². The van der Waals surface area contributed by atoms with Gasteiger partial charge in [0.2, 0.25) is 11.8 Å². The van der Waals surface area contributed by atoms with Crippen molar-refractivity contribution in [2.45, 2.75) is 32.4 Å². The van der Waals surface area contributed by atoms with Crippen molar-refractivity contribution in [2.75, 3.05) is 25.7 Å². The molecule has 5 nitrogen and oxygen atoms in total. The molecule has 1 fully saturated rings. The third-order valence-corrected chi connectivity index (χ3v) is 3.74. The molecule has 1 saturated heterocycles. The third kappa shape index (κ3) is 4.49. The second-order valence-corrected chi connectivity index (χ2v) is 6.23. The summed E-state index contributed by atoms with van der Waals surface area (Å²) in [5.74, 6) is 1.83. The van der Waals surface area contributed by atoms with Gasteiger partial charge in [0, 0.05) is 25.7 Å². The maximum absolute atomic E-state index is 12.0. The molecule has 1 rings (SSSR count). The van der Waals surface area contributed by atoms with Gasteiger partial charge in [0.05, 0.1) is 6.04 Å². The summed E-state index contributed by atoms with van der Waals surface area (Å²) in [5.41, 5.74) is 0. The first-order valence-electron chi connectivity index (χ1n) is 6.24. The molecule has 1 aliphatic heterocycles. The SMILES string of the molecule is CC(C)CC(NC(=O)C1CSCN1)C(=O)N(C)C.